The Morgan fingerprint density at radius 1 is 0.871 bits per heavy atom. The van der Waals surface area contributed by atoms with Crippen molar-refractivity contribution in [2.45, 2.75) is 13.0 Å². The van der Waals surface area contributed by atoms with Gasteiger partial charge in [-0.1, -0.05) is 84.9 Å². The summed E-state index contributed by atoms with van der Waals surface area (Å²) in [4.78, 5) is 11.9. The van der Waals surface area contributed by atoms with Crippen LogP contribution >= 0.6 is 0 Å². The summed E-state index contributed by atoms with van der Waals surface area (Å²) in [5.41, 5.74) is 5.79. The summed E-state index contributed by atoms with van der Waals surface area (Å²) in [6, 6.07) is 29.3. The van der Waals surface area contributed by atoms with Gasteiger partial charge in [0.2, 0.25) is 5.95 Å². The number of para-hydroxylation sites is 1. The molecule has 2 heterocycles. The van der Waals surface area contributed by atoms with Gasteiger partial charge in [0.1, 0.15) is 5.82 Å². The molecule has 1 unspecified atom stereocenters. The molecule has 0 spiro atoms. The van der Waals surface area contributed by atoms with Crippen molar-refractivity contribution in [2.24, 2.45) is 0 Å². The maximum Gasteiger partial charge on any atom is 0.229 e. The molecule has 0 bridgehead atoms. The van der Waals surface area contributed by atoms with Crippen molar-refractivity contribution in [1.29, 1.82) is 0 Å². The molecule has 5 rings (SSSR count). The predicted molar refractivity (Wildman–Crippen MR) is 128 cm³/mol. The largest absolute Gasteiger partial charge is 0.341 e. The highest BCUT2D eigenvalue weighted by atomic mass is 15.3. The van der Waals surface area contributed by atoms with E-state index in [0.717, 1.165) is 23.6 Å². The molecule has 152 valence electrons. The Morgan fingerprint density at radius 2 is 1.58 bits per heavy atom. The van der Waals surface area contributed by atoms with E-state index in [1.54, 1.807) is 0 Å². The van der Waals surface area contributed by atoms with Gasteiger partial charge in [0, 0.05) is 24.0 Å². The van der Waals surface area contributed by atoms with Crippen molar-refractivity contribution in [3.8, 4) is 0 Å². The molecule has 1 aliphatic rings. The van der Waals surface area contributed by atoms with Crippen LogP contribution in [-0.4, -0.2) is 16.5 Å². The Balaban J connectivity index is 1.60. The van der Waals surface area contributed by atoms with Gasteiger partial charge >= 0.3 is 0 Å². The van der Waals surface area contributed by atoms with Crippen molar-refractivity contribution in [3.63, 3.8) is 0 Å². The van der Waals surface area contributed by atoms with E-state index in [4.69, 9.17) is 4.98 Å². The van der Waals surface area contributed by atoms with Crippen LogP contribution in [0.1, 0.15) is 28.3 Å². The van der Waals surface area contributed by atoms with E-state index < -0.39 is 0 Å². The molecular formula is C27H24N4. The topological polar surface area (TPSA) is 41.1 Å². The third-order valence-corrected chi connectivity index (χ3v) is 5.61. The van der Waals surface area contributed by atoms with Crippen molar-refractivity contribution in [2.75, 3.05) is 16.8 Å². The van der Waals surface area contributed by atoms with Gasteiger partial charge in [0.05, 0.1) is 6.04 Å². The van der Waals surface area contributed by atoms with Gasteiger partial charge in [-0.3, -0.25) is 0 Å². The van der Waals surface area contributed by atoms with Crippen LogP contribution in [0.2, 0.25) is 0 Å². The molecule has 0 amide bonds. The molecule has 0 radical (unpaired) electrons. The third-order valence-electron chi connectivity index (χ3n) is 5.61. The van der Waals surface area contributed by atoms with Crippen molar-refractivity contribution < 1.29 is 0 Å². The van der Waals surface area contributed by atoms with Crippen LogP contribution in [-0.2, 0) is 0 Å². The number of nitrogens with zero attached hydrogens (tertiary/aromatic N) is 3. The van der Waals surface area contributed by atoms with Crippen molar-refractivity contribution in [1.82, 2.24) is 9.97 Å². The minimum absolute atomic E-state index is 0.0607. The second-order valence-electron chi connectivity index (χ2n) is 7.69. The monoisotopic (exact) mass is 404 g/mol. The first-order valence-corrected chi connectivity index (χ1v) is 10.5. The minimum atomic E-state index is 0.0607. The van der Waals surface area contributed by atoms with E-state index in [2.05, 4.69) is 88.9 Å². The number of hydrogen-bond donors (Lipinski definition) is 1. The van der Waals surface area contributed by atoms with Crippen LogP contribution in [0.15, 0.2) is 97.2 Å². The molecule has 0 saturated carbocycles. The molecule has 3 aromatic carbocycles. The number of nitrogens with one attached hydrogen (secondary N) is 1. The Kier molecular flexibility index (Phi) is 5.19. The van der Waals surface area contributed by atoms with E-state index >= 15 is 0 Å². The predicted octanol–water partition coefficient (Wildman–Crippen LogP) is 6.15. The number of rotatable bonds is 5. The van der Waals surface area contributed by atoms with Crippen molar-refractivity contribution >= 4 is 23.5 Å². The van der Waals surface area contributed by atoms with Gasteiger partial charge in [-0.25, -0.2) is 4.98 Å². The lowest BCUT2D eigenvalue weighted by molar-refractivity contribution is 0.725. The lowest BCUT2D eigenvalue weighted by Crippen LogP contribution is -2.33. The molecule has 0 fully saturated rings. The van der Waals surface area contributed by atoms with Gasteiger partial charge in [-0.2, -0.15) is 4.98 Å². The molecule has 0 aliphatic carbocycles. The number of hydrogen-bond acceptors (Lipinski definition) is 4. The Morgan fingerprint density at radius 3 is 2.35 bits per heavy atom. The average Bonchev–Trinajstić information content (AvgIpc) is 2.82. The van der Waals surface area contributed by atoms with Gasteiger partial charge in [0.15, 0.2) is 0 Å². The summed E-state index contributed by atoms with van der Waals surface area (Å²) in [6.07, 6.45) is 6.19. The standard InChI is InChI=1S/C27H24N4/c1-20-11-8-9-17-24(20)25(21-12-4-2-5-13-21)31-18-10-14-22-19-28-27(30-26(22)31)29-23-15-6-3-7-16-23/h2-17,19,25H,18H2,1H3,(H,28,29,30). The van der Waals surface area contributed by atoms with E-state index in [1.165, 1.54) is 16.7 Å². The third kappa shape index (κ3) is 3.92. The van der Waals surface area contributed by atoms with Gasteiger partial charge < -0.3 is 10.2 Å². The van der Waals surface area contributed by atoms with E-state index in [-0.39, 0.29) is 6.04 Å². The lowest BCUT2D eigenvalue weighted by Gasteiger charge is -2.36. The molecule has 1 atom stereocenters. The molecule has 0 saturated heterocycles. The number of aromatic nitrogens is 2. The van der Waals surface area contributed by atoms with E-state index in [1.807, 2.05) is 36.5 Å². The lowest BCUT2D eigenvalue weighted by atomic mass is 9.92. The maximum atomic E-state index is 4.94. The van der Waals surface area contributed by atoms with Crippen LogP contribution in [0.3, 0.4) is 0 Å². The fraction of sp³-hybridized carbons (Fsp3) is 0.111. The van der Waals surface area contributed by atoms with Crippen LogP contribution in [0.5, 0.6) is 0 Å². The average molecular weight is 405 g/mol. The molecule has 1 aliphatic heterocycles. The second-order valence-corrected chi connectivity index (χ2v) is 7.69. The zero-order valence-electron chi connectivity index (χ0n) is 17.4. The summed E-state index contributed by atoms with van der Waals surface area (Å²) < 4.78 is 0. The maximum absolute atomic E-state index is 4.94. The number of benzene rings is 3. The Labute approximate surface area is 182 Å². The zero-order chi connectivity index (χ0) is 21.0. The SMILES string of the molecule is Cc1ccccc1C(c1ccccc1)N1CC=Cc2cnc(Nc3ccccc3)nc21. The zero-order valence-corrected chi connectivity index (χ0v) is 17.4. The fourth-order valence-electron chi connectivity index (χ4n) is 4.10. The minimum Gasteiger partial charge on any atom is -0.341 e. The smallest absolute Gasteiger partial charge is 0.229 e. The fourth-order valence-corrected chi connectivity index (χ4v) is 4.10. The highest BCUT2D eigenvalue weighted by molar-refractivity contribution is 5.71. The van der Waals surface area contributed by atoms with E-state index in [0.29, 0.717) is 5.95 Å². The molecule has 4 nitrogen and oxygen atoms in total. The van der Waals surface area contributed by atoms with Crippen LogP contribution in [0.25, 0.3) is 6.08 Å². The summed E-state index contributed by atoms with van der Waals surface area (Å²) in [7, 11) is 0. The van der Waals surface area contributed by atoms with Gasteiger partial charge in [0.25, 0.3) is 0 Å². The van der Waals surface area contributed by atoms with Gasteiger partial charge in [-0.05, 0) is 35.7 Å². The summed E-state index contributed by atoms with van der Waals surface area (Å²) in [5, 5.41) is 3.33. The molecular weight excluding hydrogens is 380 g/mol. The summed E-state index contributed by atoms with van der Waals surface area (Å²) in [6.45, 7) is 2.96. The molecule has 4 heteroatoms. The number of aryl methyl sites for hydroxylation is 1. The Bertz CT molecular complexity index is 1200. The summed E-state index contributed by atoms with van der Waals surface area (Å²) >= 11 is 0. The van der Waals surface area contributed by atoms with Crippen LogP contribution in [0.4, 0.5) is 17.5 Å². The summed E-state index contributed by atoms with van der Waals surface area (Å²) in [5.74, 6) is 1.54. The molecule has 1 N–H and O–H groups in total. The first-order valence-electron chi connectivity index (χ1n) is 10.5. The second kappa shape index (κ2) is 8.44. The Hall–Kier alpha value is -3.92. The first-order chi connectivity index (χ1) is 15.3. The number of fused-ring (bicyclic) bond motifs is 1. The number of anilines is 3. The normalized spacial score (nSPS) is 13.5. The first kappa shape index (κ1) is 19.1. The quantitative estimate of drug-likeness (QED) is 0.433. The van der Waals surface area contributed by atoms with E-state index in [9.17, 15) is 0 Å². The highest BCUT2D eigenvalue weighted by Crippen LogP contribution is 2.37. The highest BCUT2D eigenvalue weighted by Gasteiger charge is 2.28. The molecule has 4 aromatic rings. The van der Waals surface area contributed by atoms with Crippen LogP contribution in [0, 0.1) is 6.92 Å². The molecule has 1 aromatic heterocycles. The van der Waals surface area contributed by atoms with Gasteiger partial charge in [-0.15, -0.1) is 0 Å². The van der Waals surface area contributed by atoms with Crippen molar-refractivity contribution in [3.05, 3.63) is 119 Å². The molecule has 31 heavy (non-hydrogen) atoms. The van der Waals surface area contributed by atoms with Crippen LogP contribution < -0.4 is 10.2 Å².